The molecule has 0 saturated carbocycles. The molecule has 3 rings (SSSR count). The Bertz CT molecular complexity index is 910. The van der Waals surface area contributed by atoms with Crippen LogP contribution in [0.5, 0.6) is 5.75 Å². The van der Waals surface area contributed by atoms with Gasteiger partial charge in [-0.2, -0.15) is 4.98 Å². The van der Waals surface area contributed by atoms with Crippen LogP contribution in [0.2, 0.25) is 5.02 Å². The third kappa shape index (κ3) is 4.40. The first-order valence-electron chi connectivity index (χ1n) is 8.04. The van der Waals surface area contributed by atoms with E-state index in [1.165, 1.54) is 4.90 Å². The average molecular weight is 372 g/mol. The molecule has 0 aliphatic carbocycles. The van der Waals surface area contributed by atoms with E-state index in [1.807, 2.05) is 49.4 Å². The fraction of sp³-hybridized carbons (Fsp3) is 0.211. The predicted molar refractivity (Wildman–Crippen MR) is 97.9 cm³/mol. The molecule has 0 spiro atoms. The Morgan fingerprint density at radius 1 is 1.23 bits per heavy atom. The Morgan fingerprint density at radius 2 is 2.04 bits per heavy atom. The second-order valence-corrected chi connectivity index (χ2v) is 6.25. The number of carbonyl (C=O) groups excluding carboxylic acids is 1. The van der Waals surface area contributed by atoms with E-state index in [9.17, 15) is 4.79 Å². The number of carbonyl (C=O) groups is 1. The number of nitrogens with zero attached hydrogens (tertiary/aromatic N) is 3. The van der Waals surface area contributed by atoms with Gasteiger partial charge in [-0.1, -0.05) is 41.0 Å². The molecule has 0 aliphatic heterocycles. The van der Waals surface area contributed by atoms with E-state index < -0.39 is 0 Å². The van der Waals surface area contributed by atoms with E-state index in [0.29, 0.717) is 28.1 Å². The van der Waals surface area contributed by atoms with Crippen LogP contribution in [0.4, 0.5) is 0 Å². The van der Waals surface area contributed by atoms with Gasteiger partial charge in [-0.05, 0) is 36.8 Å². The molecule has 134 valence electrons. The SMILES string of the molecule is Cc1cccc(OCC(=O)N(C)Cc2nc(-c3ccccc3Cl)no2)c1. The Labute approximate surface area is 156 Å². The lowest BCUT2D eigenvalue weighted by atomic mass is 10.2. The van der Waals surface area contributed by atoms with Gasteiger partial charge in [0.15, 0.2) is 6.61 Å². The summed E-state index contributed by atoms with van der Waals surface area (Å²) in [7, 11) is 1.65. The second-order valence-electron chi connectivity index (χ2n) is 5.85. The van der Waals surface area contributed by atoms with Gasteiger partial charge >= 0.3 is 0 Å². The highest BCUT2D eigenvalue weighted by atomic mass is 35.5. The van der Waals surface area contributed by atoms with Gasteiger partial charge in [-0.25, -0.2) is 0 Å². The topological polar surface area (TPSA) is 68.5 Å². The maximum atomic E-state index is 12.2. The molecule has 6 nitrogen and oxygen atoms in total. The average Bonchev–Trinajstić information content (AvgIpc) is 3.08. The van der Waals surface area contributed by atoms with Gasteiger partial charge in [0, 0.05) is 12.6 Å². The first kappa shape index (κ1) is 17.9. The number of aryl methyl sites for hydroxylation is 1. The zero-order valence-electron chi connectivity index (χ0n) is 14.5. The number of hydrogen-bond donors (Lipinski definition) is 0. The molecule has 0 atom stereocenters. The summed E-state index contributed by atoms with van der Waals surface area (Å²) in [6, 6.07) is 14.8. The van der Waals surface area contributed by atoms with E-state index in [4.69, 9.17) is 20.9 Å². The molecule has 2 aromatic carbocycles. The Balaban J connectivity index is 1.58. The molecular weight excluding hydrogens is 354 g/mol. The van der Waals surface area contributed by atoms with Gasteiger partial charge in [0.05, 0.1) is 11.6 Å². The van der Waals surface area contributed by atoms with Crippen molar-refractivity contribution in [3.05, 3.63) is 65.0 Å². The van der Waals surface area contributed by atoms with Crippen LogP contribution in [0.1, 0.15) is 11.5 Å². The lowest BCUT2D eigenvalue weighted by Crippen LogP contribution is -2.31. The number of aromatic nitrogens is 2. The van der Waals surface area contributed by atoms with Gasteiger partial charge in [0.2, 0.25) is 11.7 Å². The van der Waals surface area contributed by atoms with Crippen molar-refractivity contribution in [3.8, 4) is 17.1 Å². The fourth-order valence-electron chi connectivity index (χ4n) is 2.32. The Hall–Kier alpha value is -2.86. The van der Waals surface area contributed by atoms with Gasteiger partial charge < -0.3 is 14.2 Å². The van der Waals surface area contributed by atoms with Crippen LogP contribution < -0.4 is 4.74 Å². The van der Waals surface area contributed by atoms with Gasteiger partial charge in [-0.15, -0.1) is 0 Å². The monoisotopic (exact) mass is 371 g/mol. The van der Waals surface area contributed by atoms with Gasteiger partial charge in [0.25, 0.3) is 5.91 Å². The van der Waals surface area contributed by atoms with Crippen LogP contribution in [0.15, 0.2) is 53.1 Å². The molecule has 0 fully saturated rings. The summed E-state index contributed by atoms with van der Waals surface area (Å²) in [5, 5.41) is 4.46. The van der Waals surface area contributed by atoms with Crippen LogP contribution in [0.3, 0.4) is 0 Å². The van der Waals surface area contributed by atoms with Crippen molar-refractivity contribution in [1.82, 2.24) is 15.0 Å². The zero-order chi connectivity index (χ0) is 18.5. The van der Waals surface area contributed by atoms with Crippen LogP contribution in [0.25, 0.3) is 11.4 Å². The number of likely N-dealkylation sites (N-methyl/N-ethyl adjacent to an activating group) is 1. The number of halogens is 1. The lowest BCUT2D eigenvalue weighted by Gasteiger charge is -2.15. The van der Waals surface area contributed by atoms with Crippen molar-refractivity contribution in [3.63, 3.8) is 0 Å². The third-order valence-corrected chi connectivity index (χ3v) is 4.06. The molecule has 0 bridgehead atoms. The van der Waals surface area contributed by atoms with E-state index in [1.54, 1.807) is 13.1 Å². The molecule has 1 amide bonds. The maximum Gasteiger partial charge on any atom is 0.260 e. The lowest BCUT2D eigenvalue weighted by molar-refractivity contribution is -0.132. The molecule has 0 N–H and O–H groups in total. The summed E-state index contributed by atoms with van der Waals surface area (Å²) in [5.74, 6) is 1.18. The first-order chi connectivity index (χ1) is 12.5. The number of amides is 1. The Morgan fingerprint density at radius 3 is 2.81 bits per heavy atom. The number of ether oxygens (including phenoxy) is 1. The number of hydrogen-bond acceptors (Lipinski definition) is 5. The van der Waals surface area contributed by atoms with Crippen molar-refractivity contribution in [2.24, 2.45) is 0 Å². The quantitative estimate of drug-likeness (QED) is 0.660. The second kappa shape index (κ2) is 8.01. The van der Waals surface area contributed by atoms with Crippen molar-refractivity contribution in [1.29, 1.82) is 0 Å². The molecule has 0 aliphatic rings. The molecule has 0 radical (unpaired) electrons. The minimum Gasteiger partial charge on any atom is -0.484 e. The van der Waals surface area contributed by atoms with Crippen molar-refractivity contribution in [2.45, 2.75) is 13.5 Å². The third-order valence-electron chi connectivity index (χ3n) is 3.73. The van der Waals surface area contributed by atoms with E-state index in [-0.39, 0.29) is 19.1 Å². The van der Waals surface area contributed by atoms with E-state index >= 15 is 0 Å². The normalized spacial score (nSPS) is 10.6. The molecular formula is C19H18ClN3O3. The molecule has 7 heteroatoms. The summed E-state index contributed by atoms with van der Waals surface area (Å²) in [6.07, 6.45) is 0. The summed E-state index contributed by atoms with van der Waals surface area (Å²) in [4.78, 5) is 18.0. The summed E-state index contributed by atoms with van der Waals surface area (Å²) in [5.41, 5.74) is 1.75. The molecule has 1 heterocycles. The molecule has 0 saturated heterocycles. The number of benzene rings is 2. The van der Waals surface area contributed by atoms with Crippen molar-refractivity contribution < 1.29 is 14.1 Å². The summed E-state index contributed by atoms with van der Waals surface area (Å²) in [6.45, 7) is 2.09. The largest absolute Gasteiger partial charge is 0.484 e. The van der Waals surface area contributed by atoms with E-state index in [0.717, 1.165) is 5.56 Å². The fourth-order valence-corrected chi connectivity index (χ4v) is 2.54. The van der Waals surface area contributed by atoms with Crippen molar-refractivity contribution >= 4 is 17.5 Å². The van der Waals surface area contributed by atoms with Crippen LogP contribution in [0, 0.1) is 6.92 Å². The Kier molecular flexibility index (Phi) is 5.53. The smallest absolute Gasteiger partial charge is 0.260 e. The van der Waals surface area contributed by atoms with Crippen LogP contribution in [-0.2, 0) is 11.3 Å². The van der Waals surface area contributed by atoms with Gasteiger partial charge in [-0.3, -0.25) is 4.79 Å². The molecule has 26 heavy (non-hydrogen) atoms. The maximum absolute atomic E-state index is 12.2. The zero-order valence-corrected chi connectivity index (χ0v) is 15.2. The predicted octanol–water partition coefficient (Wildman–Crippen LogP) is 3.74. The van der Waals surface area contributed by atoms with Crippen molar-refractivity contribution in [2.75, 3.05) is 13.7 Å². The molecule has 3 aromatic rings. The highest BCUT2D eigenvalue weighted by molar-refractivity contribution is 6.33. The molecule has 0 unspecified atom stereocenters. The molecule has 1 aromatic heterocycles. The highest BCUT2D eigenvalue weighted by Gasteiger charge is 2.16. The highest BCUT2D eigenvalue weighted by Crippen LogP contribution is 2.25. The summed E-state index contributed by atoms with van der Waals surface area (Å²) >= 11 is 6.13. The summed E-state index contributed by atoms with van der Waals surface area (Å²) < 4.78 is 10.7. The van der Waals surface area contributed by atoms with Gasteiger partial charge in [0.1, 0.15) is 5.75 Å². The first-order valence-corrected chi connectivity index (χ1v) is 8.41. The minimum atomic E-state index is -0.191. The minimum absolute atomic E-state index is 0.0640. The number of rotatable bonds is 6. The van der Waals surface area contributed by atoms with Crippen LogP contribution >= 0.6 is 11.6 Å². The standard InChI is InChI=1S/C19H18ClN3O3/c1-13-6-5-7-14(10-13)25-12-18(24)23(2)11-17-21-19(22-26-17)15-8-3-4-9-16(15)20/h3-10H,11-12H2,1-2H3. The van der Waals surface area contributed by atoms with Crippen LogP contribution in [-0.4, -0.2) is 34.6 Å². The van der Waals surface area contributed by atoms with E-state index in [2.05, 4.69) is 10.1 Å².